The van der Waals surface area contributed by atoms with Crippen LogP contribution in [0.2, 0.25) is 0 Å². The van der Waals surface area contributed by atoms with Gasteiger partial charge in [0.2, 0.25) is 0 Å². The van der Waals surface area contributed by atoms with Crippen LogP contribution < -0.4 is 0 Å². The summed E-state index contributed by atoms with van der Waals surface area (Å²) < 4.78 is 2.42. The van der Waals surface area contributed by atoms with Gasteiger partial charge in [-0.2, -0.15) is 0 Å². The second-order valence-corrected chi connectivity index (χ2v) is 5.16. The zero-order valence-electron chi connectivity index (χ0n) is 12.0. The van der Waals surface area contributed by atoms with E-state index in [-0.39, 0.29) is 0 Å². The van der Waals surface area contributed by atoms with E-state index in [2.05, 4.69) is 34.7 Å². The Kier molecular flexibility index (Phi) is 6.25. The molecular weight excluding hydrogens is 321 g/mol. The monoisotopic (exact) mass is 338 g/mol. The molecule has 1 fully saturated rings. The van der Waals surface area contributed by atoms with Crippen LogP contribution in [0.5, 0.6) is 0 Å². The molecule has 1 aliphatic carbocycles. The quantitative estimate of drug-likeness (QED) is 0.564. The van der Waals surface area contributed by atoms with Gasteiger partial charge >= 0.3 is 27.0 Å². The third-order valence-electron chi connectivity index (χ3n) is 3.87. The van der Waals surface area contributed by atoms with Gasteiger partial charge in [-0.25, -0.2) is 0 Å². The number of nitrogens with zero attached hydrogens (tertiary/aromatic N) is 2. The molecule has 0 atom stereocenters. The summed E-state index contributed by atoms with van der Waals surface area (Å²) in [5.74, 6) is 1.08. The summed E-state index contributed by atoms with van der Waals surface area (Å²) in [5, 5.41) is 0. The standard InChI is InChI=1S/C16H19N2.ClH.Zn/c1-13-12-17-16(14-8-4-2-5-9-14)18(13)15-10-6-3-7-11-15;;/h2,4-5,8,12,15H,3,6-7,10-11H2,1H3;1H;/q-1;;+2/p-1. The minimum absolute atomic E-state index is 0.629. The molecule has 4 heteroatoms. The first-order chi connectivity index (χ1) is 9.86. The van der Waals surface area contributed by atoms with Crippen LogP contribution in [0.25, 0.3) is 11.4 Å². The molecule has 1 aliphatic rings. The summed E-state index contributed by atoms with van der Waals surface area (Å²) in [6, 6.07) is 12.0. The van der Waals surface area contributed by atoms with Crippen LogP contribution >= 0.6 is 9.69 Å². The Morgan fingerprint density at radius 1 is 1.25 bits per heavy atom. The molecule has 0 bridgehead atoms. The van der Waals surface area contributed by atoms with Crippen molar-refractivity contribution >= 4 is 9.69 Å². The van der Waals surface area contributed by atoms with Gasteiger partial charge in [-0.3, -0.25) is 4.98 Å². The van der Waals surface area contributed by atoms with Gasteiger partial charge in [0.15, 0.2) is 0 Å². The van der Waals surface area contributed by atoms with Crippen LogP contribution in [-0.4, -0.2) is 9.55 Å². The third-order valence-corrected chi connectivity index (χ3v) is 3.87. The van der Waals surface area contributed by atoms with Crippen LogP contribution in [0.15, 0.2) is 30.5 Å². The molecule has 102 valence electrons. The second-order valence-electron chi connectivity index (χ2n) is 5.16. The number of aryl methyl sites for hydroxylation is 1. The van der Waals surface area contributed by atoms with Crippen molar-refractivity contribution < 1.29 is 17.3 Å². The number of aromatic nitrogens is 2. The number of halogens is 1. The van der Waals surface area contributed by atoms with E-state index in [1.807, 2.05) is 18.3 Å². The van der Waals surface area contributed by atoms with E-state index < -0.39 is 0 Å². The number of benzene rings is 1. The molecule has 3 rings (SSSR count). The molecule has 20 heavy (non-hydrogen) atoms. The van der Waals surface area contributed by atoms with Gasteiger partial charge in [-0.15, -0.1) is 35.9 Å². The van der Waals surface area contributed by atoms with Crippen LogP contribution in [-0.2, 0) is 17.3 Å². The first-order valence-electron chi connectivity index (χ1n) is 7.14. The van der Waals surface area contributed by atoms with Gasteiger partial charge in [0.05, 0.1) is 5.82 Å². The van der Waals surface area contributed by atoms with E-state index in [4.69, 9.17) is 9.69 Å². The van der Waals surface area contributed by atoms with Crippen molar-refractivity contribution in [1.29, 1.82) is 0 Å². The van der Waals surface area contributed by atoms with Gasteiger partial charge < -0.3 is 4.57 Å². The molecule has 0 amide bonds. The summed E-state index contributed by atoms with van der Waals surface area (Å²) in [5.41, 5.74) is 2.38. The predicted octanol–water partition coefficient (Wildman–Crippen LogP) is 4.85. The Morgan fingerprint density at radius 2 is 2.00 bits per heavy atom. The fraction of sp³-hybridized carbons (Fsp3) is 0.438. The average Bonchev–Trinajstić information content (AvgIpc) is 2.93. The van der Waals surface area contributed by atoms with Gasteiger partial charge in [0.1, 0.15) is 0 Å². The van der Waals surface area contributed by atoms with E-state index in [1.165, 1.54) is 37.8 Å². The molecule has 0 saturated heterocycles. The van der Waals surface area contributed by atoms with Crippen molar-refractivity contribution in [2.75, 3.05) is 0 Å². The Balaban J connectivity index is 0.000000704. The van der Waals surface area contributed by atoms with E-state index in [1.54, 1.807) is 0 Å². The molecule has 2 nitrogen and oxygen atoms in total. The summed E-state index contributed by atoms with van der Waals surface area (Å²) in [6.45, 7) is 2.16. The first-order valence-corrected chi connectivity index (χ1v) is 11.0. The van der Waals surface area contributed by atoms with Gasteiger partial charge in [0.25, 0.3) is 0 Å². The van der Waals surface area contributed by atoms with Crippen molar-refractivity contribution in [2.45, 2.75) is 45.1 Å². The Hall–Kier alpha value is -0.657. The van der Waals surface area contributed by atoms with E-state index >= 15 is 0 Å². The number of hydrogen-bond acceptors (Lipinski definition) is 1. The van der Waals surface area contributed by atoms with E-state index in [9.17, 15) is 0 Å². The minimum atomic E-state index is 0.629. The van der Waals surface area contributed by atoms with Crippen molar-refractivity contribution in [3.05, 3.63) is 42.2 Å². The SMILES string of the molecule is Cc1cnc(-c2[c-]cccc2)n1C1CCCCC1.[Cl][Zn+]. The maximum atomic E-state index is 4.76. The average molecular weight is 340 g/mol. The van der Waals surface area contributed by atoms with Gasteiger partial charge in [0, 0.05) is 17.9 Å². The Bertz CT molecular complexity index is 519. The molecule has 1 heterocycles. The zero-order valence-corrected chi connectivity index (χ0v) is 15.7. The fourth-order valence-corrected chi connectivity index (χ4v) is 2.98. The summed E-state index contributed by atoms with van der Waals surface area (Å²) in [7, 11) is 4.76. The third kappa shape index (κ3) is 3.51. The van der Waals surface area contributed by atoms with Crippen LogP contribution in [0.4, 0.5) is 0 Å². The van der Waals surface area contributed by atoms with Crippen LogP contribution in [0.1, 0.15) is 43.8 Å². The zero-order chi connectivity index (χ0) is 14.4. The van der Waals surface area contributed by atoms with Crippen molar-refractivity contribution in [1.82, 2.24) is 9.55 Å². The fourth-order valence-electron chi connectivity index (χ4n) is 2.98. The summed E-state index contributed by atoms with van der Waals surface area (Å²) >= 11 is 0.847. The molecule has 0 radical (unpaired) electrons. The van der Waals surface area contributed by atoms with Crippen LogP contribution in [0, 0.1) is 13.0 Å². The topological polar surface area (TPSA) is 17.8 Å². The summed E-state index contributed by atoms with van der Waals surface area (Å²) in [4.78, 5) is 4.59. The Labute approximate surface area is 135 Å². The van der Waals surface area contributed by atoms with Crippen molar-refractivity contribution in [2.24, 2.45) is 0 Å². The normalized spacial score (nSPS) is 15.6. The number of hydrogen-bond donors (Lipinski definition) is 0. The molecule has 0 unspecified atom stereocenters. The number of rotatable bonds is 2. The van der Waals surface area contributed by atoms with Crippen molar-refractivity contribution in [3.8, 4) is 11.4 Å². The molecular formula is C16H19ClN2Zn. The van der Waals surface area contributed by atoms with E-state index in [0.717, 1.165) is 28.7 Å². The summed E-state index contributed by atoms with van der Waals surface area (Å²) in [6.07, 6.45) is 8.65. The van der Waals surface area contributed by atoms with Gasteiger partial charge in [-0.1, -0.05) is 19.3 Å². The molecule has 0 spiro atoms. The van der Waals surface area contributed by atoms with Crippen LogP contribution in [0.3, 0.4) is 0 Å². The predicted molar refractivity (Wildman–Crippen MR) is 79.2 cm³/mol. The second kappa shape index (κ2) is 7.95. The molecule has 0 N–H and O–H groups in total. The molecule has 1 aromatic heterocycles. The maximum absolute atomic E-state index is 4.76. The molecule has 0 aliphatic heterocycles. The van der Waals surface area contributed by atoms with Gasteiger partial charge in [-0.05, 0) is 19.8 Å². The van der Waals surface area contributed by atoms with E-state index in [0.29, 0.717) is 6.04 Å². The Morgan fingerprint density at radius 3 is 2.65 bits per heavy atom. The molecule has 1 aromatic carbocycles. The molecule has 1 saturated carbocycles. The van der Waals surface area contributed by atoms with Crippen molar-refractivity contribution in [3.63, 3.8) is 0 Å². The molecule has 2 aromatic rings. The first kappa shape index (κ1) is 15.7. The number of imidazole rings is 1.